The van der Waals surface area contributed by atoms with Crippen molar-refractivity contribution in [3.8, 4) is 0 Å². The highest BCUT2D eigenvalue weighted by molar-refractivity contribution is 6.30. The van der Waals surface area contributed by atoms with Crippen molar-refractivity contribution in [2.45, 2.75) is 203 Å². The van der Waals surface area contributed by atoms with Crippen LogP contribution in [0.3, 0.4) is 0 Å². The first-order valence-corrected chi connectivity index (χ1v) is 31.7. The van der Waals surface area contributed by atoms with E-state index in [2.05, 4.69) is 51.2 Å². The van der Waals surface area contributed by atoms with Crippen LogP contribution in [0.4, 0.5) is 0 Å². The first-order valence-electron chi connectivity index (χ1n) is 31.0. The fourth-order valence-electron chi connectivity index (χ4n) is 15.0. The van der Waals surface area contributed by atoms with Gasteiger partial charge in [0.15, 0.2) is 0 Å². The third kappa shape index (κ3) is 17.3. The number of nitrogens with one attached hydrogen (secondary N) is 4. The largest absolute Gasteiger partial charge is 0.387 e. The van der Waals surface area contributed by atoms with Crippen LogP contribution in [0.1, 0.15) is 152 Å². The molecule has 4 heterocycles. The molecule has 6 fully saturated rings. The van der Waals surface area contributed by atoms with Crippen LogP contribution in [-0.4, -0.2) is 144 Å². The average molecular weight is 1170 g/mol. The van der Waals surface area contributed by atoms with E-state index in [0.717, 1.165) is 127 Å². The topological polar surface area (TPSA) is 231 Å². The summed E-state index contributed by atoms with van der Waals surface area (Å²) in [6, 6.07) is 15.9. The number of aliphatic hydroxyl groups is 1. The van der Waals surface area contributed by atoms with E-state index in [1.54, 1.807) is 12.7 Å². The molecule has 2 aromatic heterocycles. The van der Waals surface area contributed by atoms with Gasteiger partial charge in [-0.05, 0) is 174 Å². The molecule has 4 saturated carbocycles. The first-order chi connectivity index (χ1) is 39.8. The number of aliphatic hydroxyl groups excluding tert-OH is 1. The number of aromatic nitrogens is 6. The molecule has 0 spiro atoms. The monoisotopic (exact) mass is 1170 g/mol. The standard InChI is InChI=1S/C31H46ClN7O2.C31H45ClN6O3/c32-25-8-6-23(7-9-25)18-28(37-27-12-10-26(11-13-27)35-19-29(33)40)30(41)38-16-14-31(15-17-38,20-39-22-34-21-36-39)24-4-2-1-3-5-24;32-25-8-6-23(7-9-25)18-28(35-26-10-12-27(13-11-26)36-29(40)19-39)30(41)37-16-14-31(15-17-37,20-38-22-33-21-34-38)24-4-2-1-3-5-24/h6-9,21-22,24,26-28,35,37H,1-5,10-20H2,(H2,33,40);6-9,21-22,24,26-28,35,39H,1-5,10-20H2,(H,36,40)/t2*26?,27?,28-/m11/s1. The number of nitrogens with two attached hydrogens (primary N) is 1. The molecular weight excluding hydrogens is 1080 g/mol. The molecule has 4 aliphatic carbocycles. The summed E-state index contributed by atoms with van der Waals surface area (Å²) >= 11 is 12.3. The van der Waals surface area contributed by atoms with E-state index in [1.165, 1.54) is 64.2 Å². The van der Waals surface area contributed by atoms with Gasteiger partial charge in [-0.25, -0.2) is 9.97 Å². The number of halogens is 2. The van der Waals surface area contributed by atoms with Crippen LogP contribution in [0.15, 0.2) is 73.8 Å². The highest BCUT2D eigenvalue weighted by Gasteiger charge is 2.46. The number of carbonyl (C=O) groups is 4. The number of nitrogens with zero attached hydrogens (tertiary/aromatic N) is 8. The van der Waals surface area contributed by atoms with Gasteiger partial charge in [-0.1, -0.05) is 86.0 Å². The van der Waals surface area contributed by atoms with Gasteiger partial charge in [-0.3, -0.25) is 28.5 Å². The Hall–Kier alpha value is -4.98. The zero-order chi connectivity index (χ0) is 57.3. The second-order valence-corrected chi connectivity index (χ2v) is 25.9. The van der Waals surface area contributed by atoms with E-state index >= 15 is 0 Å². The predicted octanol–water partition coefficient (Wildman–Crippen LogP) is 7.45. The number of likely N-dealkylation sites (tertiary alicyclic amines) is 2. The Morgan fingerprint density at radius 2 is 0.951 bits per heavy atom. The number of benzene rings is 2. The van der Waals surface area contributed by atoms with E-state index in [4.69, 9.17) is 34.0 Å². The average Bonchev–Trinajstić information content (AvgIpc) is 4.35. The molecular formula is C62H91Cl2N13O5. The van der Waals surface area contributed by atoms with Gasteiger partial charge in [-0.2, -0.15) is 10.2 Å². The summed E-state index contributed by atoms with van der Waals surface area (Å²) in [7, 11) is 0. The summed E-state index contributed by atoms with van der Waals surface area (Å²) in [5.74, 6) is 1.08. The molecule has 2 aromatic carbocycles. The van der Waals surface area contributed by atoms with Crippen LogP contribution in [-0.2, 0) is 45.1 Å². The number of rotatable bonds is 21. The van der Waals surface area contributed by atoms with Gasteiger partial charge in [0.25, 0.3) is 0 Å². The predicted molar refractivity (Wildman–Crippen MR) is 318 cm³/mol. The number of carbonyl (C=O) groups excluding carboxylic acids is 4. The van der Waals surface area contributed by atoms with E-state index in [9.17, 15) is 19.2 Å². The Bertz CT molecular complexity index is 2570. The van der Waals surface area contributed by atoms with E-state index in [0.29, 0.717) is 40.8 Å². The highest BCUT2D eigenvalue weighted by atomic mass is 35.5. The molecule has 20 heteroatoms. The lowest BCUT2D eigenvalue weighted by molar-refractivity contribution is -0.138. The minimum atomic E-state index is -0.480. The van der Waals surface area contributed by atoms with Crippen molar-refractivity contribution in [2.24, 2.45) is 28.4 Å². The smallest absolute Gasteiger partial charge is 0.245 e. The van der Waals surface area contributed by atoms with Crippen LogP contribution in [0.5, 0.6) is 0 Å². The third-order valence-electron chi connectivity index (χ3n) is 19.7. The molecule has 0 radical (unpaired) electrons. The van der Waals surface area contributed by atoms with Gasteiger partial charge in [0, 0.05) is 73.5 Å². The fourth-order valence-corrected chi connectivity index (χ4v) is 15.2. The maximum atomic E-state index is 14.1. The molecule has 448 valence electrons. The molecule has 0 bridgehead atoms. The van der Waals surface area contributed by atoms with Gasteiger partial charge >= 0.3 is 0 Å². The van der Waals surface area contributed by atoms with Crippen molar-refractivity contribution in [1.82, 2.24) is 60.6 Å². The highest BCUT2D eigenvalue weighted by Crippen LogP contribution is 2.48. The Morgan fingerprint density at radius 1 is 0.561 bits per heavy atom. The molecule has 0 unspecified atom stereocenters. The Morgan fingerprint density at radius 3 is 1.32 bits per heavy atom. The summed E-state index contributed by atoms with van der Waals surface area (Å²) in [4.78, 5) is 63.6. The second-order valence-electron chi connectivity index (χ2n) is 25.0. The van der Waals surface area contributed by atoms with E-state index < -0.39 is 6.61 Å². The Kier molecular flexibility index (Phi) is 22.7. The van der Waals surface area contributed by atoms with Crippen LogP contribution >= 0.6 is 23.2 Å². The zero-order valence-corrected chi connectivity index (χ0v) is 49.7. The SMILES string of the molecule is NC(=O)CNC1CCC(N[C@H](Cc2ccc(Cl)cc2)C(=O)N2CCC(Cn3cncn3)(C3CCCCC3)CC2)CC1.O=C(CO)NC1CCC(N[C@H](Cc2ccc(Cl)cc2)C(=O)N2CCC(Cn3cncn3)(C3CCCCC3)CC2)CC1. The number of amides is 4. The van der Waals surface area contributed by atoms with Crippen LogP contribution in [0.2, 0.25) is 10.0 Å². The molecule has 2 aliphatic heterocycles. The van der Waals surface area contributed by atoms with Gasteiger partial charge in [0.05, 0.1) is 18.6 Å². The molecule has 4 amide bonds. The van der Waals surface area contributed by atoms with Crippen molar-refractivity contribution >= 4 is 46.8 Å². The lowest BCUT2D eigenvalue weighted by Crippen LogP contribution is -2.56. The van der Waals surface area contributed by atoms with Crippen LogP contribution < -0.4 is 27.0 Å². The van der Waals surface area contributed by atoms with Gasteiger partial charge in [0.2, 0.25) is 23.6 Å². The summed E-state index contributed by atoms with van der Waals surface area (Å²) in [5.41, 5.74) is 7.83. The summed E-state index contributed by atoms with van der Waals surface area (Å²) < 4.78 is 4.00. The van der Waals surface area contributed by atoms with Gasteiger partial charge in [0.1, 0.15) is 31.9 Å². The van der Waals surface area contributed by atoms with Crippen molar-refractivity contribution in [2.75, 3.05) is 39.3 Å². The molecule has 2 atom stereocenters. The van der Waals surface area contributed by atoms with Crippen molar-refractivity contribution in [1.29, 1.82) is 0 Å². The van der Waals surface area contributed by atoms with E-state index in [1.807, 2.05) is 70.5 Å². The van der Waals surface area contributed by atoms with Crippen molar-refractivity contribution < 1.29 is 24.3 Å². The normalized spacial score (nSPS) is 24.1. The summed E-state index contributed by atoms with van der Waals surface area (Å²) in [5, 5.41) is 33.0. The number of piperidine rings is 2. The number of hydrogen-bond acceptors (Lipinski definition) is 12. The maximum absolute atomic E-state index is 14.1. The first kappa shape index (κ1) is 61.6. The minimum absolute atomic E-state index is 0.0816. The second kappa shape index (κ2) is 30.2. The fraction of sp³-hybridized carbons (Fsp3) is 0.677. The van der Waals surface area contributed by atoms with Crippen LogP contribution in [0, 0.1) is 22.7 Å². The molecule has 10 rings (SSSR count). The maximum Gasteiger partial charge on any atom is 0.245 e. The Balaban J connectivity index is 0.000000198. The third-order valence-corrected chi connectivity index (χ3v) is 20.2. The number of primary amides is 1. The molecule has 7 N–H and O–H groups in total. The molecule has 2 saturated heterocycles. The zero-order valence-electron chi connectivity index (χ0n) is 48.2. The van der Waals surface area contributed by atoms with Gasteiger partial charge < -0.3 is 41.9 Å². The molecule has 18 nitrogen and oxygen atoms in total. The summed E-state index contributed by atoms with van der Waals surface area (Å²) in [6.07, 6.45) is 32.4. The molecule has 6 aliphatic rings. The lowest BCUT2D eigenvalue weighted by atomic mass is 9.63. The number of hydrogen-bond donors (Lipinski definition) is 6. The summed E-state index contributed by atoms with van der Waals surface area (Å²) in [6.45, 7) is 4.60. The van der Waals surface area contributed by atoms with Crippen LogP contribution in [0.25, 0.3) is 0 Å². The van der Waals surface area contributed by atoms with Crippen molar-refractivity contribution in [3.63, 3.8) is 0 Å². The molecule has 4 aromatic rings. The Labute approximate surface area is 495 Å². The van der Waals surface area contributed by atoms with Crippen molar-refractivity contribution in [3.05, 3.63) is 95.0 Å². The molecule has 82 heavy (non-hydrogen) atoms. The van der Waals surface area contributed by atoms with Gasteiger partial charge in [-0.15, -0.1) is 0 Å². The minimum Gasteiger partial charge on any atom is -0.387 e. The van der Waals surface area contributed by atoms with E-state index in [-0.39, 0.29) is 71.2 Å². The quantitative estimate of drug-likeness (QED) is 0.0478. The lowest BCUT2D eigenvalue weighted by Gasteiger charge is -2.48.